The van der Waals surface area contributed by atoms with Gasteiger partial charge < -0.3 is 0 Å². The lowest BCUT2D eigenvalue weighted by Crippen LogP contribution is -2.16. The zero-order chi connectivity index (χ0) is 10.6. The van der Waals surface area contributed by atoms with E-state index in [0.29, 0.717) is 0 Å². The molecule has 0 amide bonds. The van der Waals surface area contributed by atoms with Crippen LogP contribution in [0.3, 0.4) is 0 Å². The second-order valence-electron chi connectivity index (χ2n) is 5.75. The highest BCUT2D eigenvalue weighted by Crippen LogP contribution is 2.44. The molecule has 1 aliphatic rings. The minimum atomic E-state index is 0.893. The standard InChI is InChI=1S/C14H28/c1-5-6-7-12(4)14(10-11(2)3)13-8-9-13/h11-14H,5-10H2,1-4H3. The van der Waals surface area contributed by atoms with Crippen molar-refractivity contribution in [3.63, 3.8) is 0 Å². The summed E-state index contributed by atoms with van der Waals surface area (Å²) in [6.07, 6.45) is 8.77. The van der Waals surface area contributed by atoms with Crippen molar-refractivity contribution in [2.24, 2.45) is 23.7 Å². The Labute approximate surface area is 90.5 Å². The molecule has 0 saturated heterocycles. The maximum absolute atomic E-state index is 2.49. The van der Waals surface area contributed by atoms with Crippen molar-refractivity contribution < 1.29 is 0 Å². The highest BCUT2D eigenvalue weighted by Gasteiger charge is 2.34. The van der Waals surface area contributed by atoms with Crippen molar-refractivity contribution >= 4 is 0 Å². The second kappa shape index (κ2) is 5.78. The van der Waals surface area contributed by atoms with Crippen LogP contribution in [0.15, 0.2) is 0 Å². The van der Waals surface area contributed by atoms with E-state index in [1.165, 1.54) is 38.5 Å². The molecule has 0 aromatic rings. The summed E-state index contributed by atoms with van der Waals surface area (Å²) >= 11 is 0. The van der Waals surface area contributed by atoms with Crippen LogP contribution >= 0.6 is 0 Å². The van der Waals surface area contributed by atoms with Gasteiger partial charge in [0.15, 0.2) is 0 Å². The van der Waals surface area contributed by atoms with Crippen LogP contribution in [0.5, 0.6) is 0 Å². The van der Waals surface area contributed by atoms with E-state index < -0.39 is 0 Å². The van der Waals surface area contributed by atoms with Gasteiger partial charge in [-0.15, -0.1) is 0 Å². The quantitative estimate of drug-likeness (QED) is 0.544. The zero-order valence-electron chi connectivity index (χ0n) is 10.6. The van der Waals surface area contributed by atoms with Crippen LogP contribution in [0.2, 0.25) is 0 Å². The molecule has 1 rings (SSSR count). The summed E-state index contributed by atoms with van der Waals surface area (Å²) in [5, 5.41) is 0. The van der Waals surface area contributed by atoms with Gasteiger partial charge >= 0.3 is 0 Å². The molecule has 0 radical (unpaired) electrons. The molecule has 0 bridgehead atoms. The number of rotatable bonds is 7. The Balaban J connectivity index is 2.32. The van der Waals surface area contributed by atoms with Crippen molar-refractivity contribution in [1.82, 2.24) is 0 Å². The summed E-state index contributed by atoms with van der Waals surface area (Å²) in [5.41, 5.74) is 0. The van der Waals surface area contributed by atoms with Gasteiger partial charge in [0.2, 0.25) is 0 Å². The van der Waals surface area contributed by atoms with Gasteiger partial charge in [-0.25, -0.2) is 0 Å². The first-order chi connectivity index (χ1) is 6.65. The van der Waals surface area contributed by atoms with Gasteiger partial charge in [-0.05, 0) is 42.9 Å². The molecule has 0 heteroatoms. The van der Waals surface area contributed by atoms with Crippen molar-refractivity contribution in [2.45, 2.75) is 66.2 Å². The number of unbranched alkanes of at least 4 members (excludes halogenated alkanes) is 1. The van der Waals surface area contributed by atoms with E-state index >= 15 is 0 Å². The van der Waals surface area contributed by atoms with Crippen molar-refractivity contribution in [3.05, 3.63) is 0 Å². The summed E-state index contributed by atoms with van der Waals surface area (Å²) in [4.78, 5) is 0. The van der Waals surface area contributed by atoms with Gasteiger partial charge in [0.1, 0.15) is 0 Å². The topological polar surface area (TPSA) is 0 Å². The first kappa shape index (κ1) is 12.1. The molecular formula is C14H28. The van der Waals surface area contributed by atoms with Crippen LogP contribution in [0.1, 0.15) is 66.2 Å². The highest BCUT2D eigenvalue weighted by molar-refractivity contribution is 4.84. The van der Waals surface area contributed by atoms with Crippen LogP contribution in [0.25, 0.3) is 0 Å². The van der Waals surface area contributed by atoms with Gasteiger partial charge in [-0.3, -0.25) is 0 Å². The molecule has 2 atom stereocenters. The molecule has 2 unspecified atom stereocenters. The lowest BCUT2D eigenvalue weighted by molar-refractivity contribution is 0.249. The van der Waals surface area contributed by atoms with E-state index in [1.807, 2.05) is 0 Å². The maximum Gasteiger partial charge on any atom is -0.0358 e. The first-order valence-corrected chi connectivity index (χ1v) is 6.65. The van der Waals surface area contributed by atoms with E-state index in [2.05, 4.69) is 27.7 Å². The van der Waals surface area contributed by atoms with Crippen LogP contribution in [0, 0.1) is 23.7 Å². The van der Waals surface area contributed by atoms with E-state index in [-0.39, 0.29) is 0 Å². The normalized spacial score (nSPS) is 21.2. The molecule has 0 spiro atoms. The Morgan fingerprint density at radius 3 is 2.21 bits per heavy atom. The molecule has 1 aliphatic carbocycles. The monoisotopic (exact) mass is 196 g/mol. The van der Waals surface area contributed by atoms with Crippen LogP contribution < -0.4 is 0 Å². The molecule has 1 saturated carbocycles. The summed E-state index contributed by atoms with van der Waals surface area (Å²) in [7, 11) is 0. The lowest BCUT2D eigenvalue weighted by atomic mass is 9.80. The number of hydrogen-bond donors (Lipinski definition) is 0. The Hall–Kier alpha value is 0. The molecule has 0 N–H and O–H groups in total. The fourth-order valence-corrected chi connectivity index (χ4v) is 2.70. The van der Waals surface area contributed by atoms with Gasteiger partial charge in [0.05, 0.1) is 0 Å². The molecule has 0 aliphatic heterocycles. The van der Waals surface area contributed by atoms with E-state index in [1.54, 1.807) is 0 Å². The molecule has 84 valence electrons. The Morgan fingerprint density at radius 1 is 1.14 bits per heavy atom. The van der Waals surface area contributed by atoms with Crippen LogP contribution in [-0.2, 0) is 0 Å². The first-order valence-electron chi connectivity index (χ1n) is 6.65. The average molecular weight is 196 g/mol. The second-order valence-corrected chi connectivity index (χ2v) is 5.75. The molecule has 0 aromatic heterocycles. The van der Waals surface area contributed by atoms with Crippen LogP contribution in [0.4, 0.5) is 0 Å². The maximum atomic E-state index is 2.49. The molecule has 1 fully saturated rings. The van der Waals surface area contributed by atoms with E-state index in [9.17, 15) is 0 Å². The molecule has 0 aromatic carbocycles. The van der Waals surface area contributed by atoms with Gasteiger partial charge in [0.25, 0.3) is 0 Å². The average Bonchev–Trinajstić information content (AvgIpc) is 2.93. The Bertz CT molecular complexity index is 144. The molecular weight excluding hydrogens is 168 g/mol. The van der Waals surface area contributed by atoms with Gasteiger partial charge in [0, 0.05) is 0 Å². The molecule has 0 heterocycles. The fraction of sp³-hybridized carbons (Fsp3) is 1.00. The molecule has 0 nitrogen and oxygen atoms in total. The lowest BCUT2D eigenvalue weighted by Gasteiger charge is -2.25. The minimum absolute atomic E-state index is 0.893. The van der Waals surface area contributed by atoms with Crippen LogP contribution in [-0.4, -0.2) is 0 Å². The summed E-state index contributed by atoms with van der Waals surface area (Å²) in [6.45, 7) is 9.55. The predicted molar refractivity (Wildman–Crippen MR) is 64.4 cm³/mol. The smallest absolute Gasteiger partial charge is 0.0358 e. The molecule has 14 heavy (non-hydrogen) atoms. The van der Waals surface area contributed by atoms with E-state index in [4.69, 9.17) is 0 Å². The largest absolute Gasteiger partial charge is 0.0654 e. The third kappa shape index (κ3) is 4.02. The van der Waals surface area contributed by atoms with Crippen molar-refractivity contribution in [2.75, 3.05) is 0 Å². The Kier molecular flexibility index (Phi) is 4.98. The minimum Gasteiger partial charge on any atom is -0.0654 e. The zero-order valence-corrected chi connectivity index (χ0v) is 10.6. The Morgan fingerprint density at radius 2 is 1.79 bits per heavy atom. The highest BCUT2D eigenvalue weighted by atomic mass is 14.4. The predicted octanol–water partition coefficient (Wildman–Crippen LogP) is 4.89. The summed E-state index contributed by atoms with van der Waals surface area (Å²) in [5.74, 6) is 4.01. The van der Waals surface area contributed by atoms with Gasteiger partial charge in [-0.1, -0.05) is 47.0 Å². The fourth-order valence-electron chi connectivity index (χ4n) is 2.70. The van der Waals surface area contributed by atoms with Crippen molar-refractivity contribution in [1.29, 1.82) is 0 Å². The number of hydrogen-bond acceptors (Lipinski definition) is 0. The van der Waals surface area contributed by atoms with Crippen molar-refractivity contribution in [3.8, 4) is 0 Å². The SMILES string of the molecule is CCCCC(C)C(CC(C)C)C1CC1. The van der Waals surface area contributed by atoms with Gasteiger partial charge in [-0.2, -0.15) is 0 Å². The summed E-state index contributed by atoms with van der Waals surface area (Å²) < 4.78 is 0. The third-order valence-electron chi connectivity index (χ3n) is 3.71. The van der Waals surface area contributed by atoms with E-state index in [0.717, 1.165) is 23.7 Å². The summed E-state index contributed by atoms with van der Waals surface area (Å²) in [6, 6.07) is 0. The third-order valence-corrected chi connectivity index (χ3v) is 3.71.